The summed E-state index contributed by atoms with van der Waals surface area (Å²) >= 11 is 0. The number of amides is 1. The summed E-state index contributed by atoms with van der Waals surface area (Å²) in [5.74, 6) is 0.947. The van der Waals surface area contributed by atoms with Crippen LogP contribution in [0.4, 0.5) is 0 Å². The first-order chi connectivity index (χ1) is 9.65. The van der Waals surface area contributed by atoms with E-state index in [0.29, 0.717) is 25.0 Å². The van der Waals surface area contributed by atoms with Crippen molar-refractivity contribution in [2.24, 2.45) is 11.7 Å². The van der Waals surface area contributed by atoms with E-state index in [-0.39, 0.29) is 5.91 Å². The standard InChI is InChI=1S/C15H30N4O/c1-3-13-5-4-6-19(14(13)11-16)12-15(20)18-9-7-17(2)8-10-18/h13-14H,3-12,16H2,1-2H3. The average Bonchev–Trinajstić information content (AvgIpc) is 2.47. The van der Waals surface area contributed by atoms with E-state index in [9.17, 15) is 4.79 Å². The Morgan fingerprint density at radius 3 is 2.50 bits per heavy atom. The van der Waals surface area contributed by atoms with Gasteiger partial charge in [0.15, 0.2) is 0 Å². The van der Waals surface area contributed by atoms with Gasteiger partial charge in [-0.1, -0.05) is 13.3 Å². The maximum absolute atomic E-state index is 12.5. The molecule has 0 bridgehead atoms. The number of likely N-dealkylation sites (N-methyl/N-ethyl adjacent to an activating group) is 1. The highest BCUT2D eigenvalue weighted by molar-refractivity contribution is 5.78. The molecule has 5 nitrogen and oxygen atoms in total. The van der Waals surface area contributed by atoms with E-state index in [2.05, 4.69) is 23.8 Å². The van der Waals surface area contributed by atoms with Crippen LogP contribution in [-0.2, 0) is 4.79 Å². The highest BCUT2D eigenvalue weighted by atomic mass is 16.2. The van der Waals surface area contributed by atoms with Crippen LogP contribution < -0.4 is 5.73 Å². The van der Waals surface area contributed by atoms with Gasteiger partial charge < -0.3 is 15.5 Å². The number of likely N-dealkylation sites (tertiary alicyclic amines) is 1. The van der Waals surface area contributed by atoms with Crippen LogP contribution in [0.2, 0.25) is 0 Å². The average molecular weight is 282 g/mol. The Balaban J connectivity index is 1.89. The van der Waals surface area contributed by atoms with Crippen molar-refractivity contribution in [2.45, 2.75) is 32.2 Å². The van der Waals surface area contributed by atoms with Crippen LogP contribution in [0.3, 0.4) is 0 Å². The Kier molecular flexibility index (Phi) is 5.81. The van der Waals surface area contributed by atoms with Gasteiger partial charge in [0.05, 0.1) is 6.54 Å². The number of nitrogens with two attached hydrogens (primary N) is 1. The highest BCUT2D eigenvalue weighted by Gasteiger charge is 2.31. The lowest BCUT2D eigenvalue weighted by atomic mass is 9.87. The number of rotatable bonds is 4. The van der Waals surface area contributed by atoms with Gasteiger partial charge in [0.25, 0.3) is 0 Å². The summed E-state index contributed by atoms with van der Waals surface area (Å²) in [6, 6.07) is 0.394. The summed E-state index contributed by atoms with van der Waals surface area (Å²) in [6.07, 6.45) is 3.63. The molecular formula is C15H30N4O. The molecule has 20 heavy (non-hydrogen) atoms. The van der Waals surface area contributed by atoms with Crippen LogP contribution in [0.1, 0.15) is 26.2 Å². The molecule has 2 fully saturated rings. The molecule has 2 rings (SSSR count). The zero-order chi connectivity index (χ0) is 14.5. The summed E-state index contributed by atoms with van der Waals surface area (Å²) in [5, 5.41) is 0. The SMILES string of the molecule is CCC1CCCN(CC(=O)N2CCN(C)CC2)C1CN. The number of piperidine rings is 1. The second-order valence-electron chi connectivity index (χ2n) is 6.27. The summed E-state index contributed by atoms with van der Waals surface area (Å²) in [6.45, 7) is 8.21. The molecule has 2 saturated heterocycles. The third-order valence-electron chi connectivity index (χ3n) is 4.99. The molecular weight excluding hydrogens is 252 g/mol. The fraction of sp³-hybridized carbons (Fsp3) is 0.933. The Labute approximate surface area is 123 Å². The largest absolute Gasteiger partial charge is 0.339 e. The lowest BCUT2D eigenvalue weighted by Gasteiger charge is -2.41. The number of carbonyl (C=O) groups excluding carboxylic acids is 1. The summed E-state index contributed by atoms with van der Waals surface area (Å²) in [7, 11) is 2.11. The van der Waals surface area contributed by atoms with Gasteiger partial charge in [-0.15, -0.1) is 0 Å². The predicted octanol–water partition coefficient (Wildman–Crippen LogP) is 0.210. The molecule has 0 radical (unpaired) electrons. The summed E-state index contributed by atoms with van der Waals surface area (Å²) < 4.78 is 0. The molecule has 0 saturated carbocycles. The topological polar surface area (TPSA) is 52.8 Å². The molecule has 5 heteroatoms. The zero-order valence-corrected chi connectivity index (χ0v) is 13.1. The van der Waals surface area contributed by atoms with Gasteiger partial charge in [-0.05, 0) is 32.4 Å². The van der Waals surface area contributed by atoms with Crippen LogP contribution in [0.25, 0.3) is 0 Å². The highest BCUT2D eigenvalue weighted by Crippen LogP contribution is 2.25. The van der Waals surface area contributed by atoms with Crippen molar-refractivity contribution >= 4 is 5.91 Å². The van der Waals surface area contributed by atoms with Crippen LogP contribution in [0.5, 0.6) is 0 Å². The third-order valence-corrected chi connectivity index (χ3v) is 4.99. The molecule has 2 aliphatic heterocycles. The van der Waals surface area contributed by atoms with Crippen molar-refractivity contribution in [3.05, 3.63) is 0 Å². The number of hydrogen-bond donors (Lipinski definition) is 1. The van der Waals surface area contributed by atoms with Crippen molar-refractivity contribution in [3.8, 4) is 0 Å². The van der Waals surface area contributed by atoms with Gasteiger partial charge in [0.1, 0.15) is 0 Å². The molecule has 0 aromatic carbocycles. The molecule has 1 amide bonds. The number of piperazine rings is 1. The molecule has 0 aliphatic carbocycles. The van der Waals surface area contributed by atoms with Crippen molar-refractivity contribution in [1.82, 2.24) is 14.7 Å². The van der Waals surface area contributed by atoms with Crippen molar-refractivity contribution in [1.29, 1.82) is 0 Å². The van der Waals surface area contributed by atoms with Crippen molar-refractivity contribution in [3.63, 3.8) is 0 Å². The minimum Gasteiger partial charge on any atom is -0.339 e. The summed E-state index contributed by atoms with van der Waals surface area (Å²) in [5.41, 5.74) is 5.96. The first-order valence-electron chi connectivity index (χ1n) is 8.06. The number of hydrogen-bond acceptors (Lipinski definition) is 4. The maximum atomic E-state index is 12.5. The van der Waals surface area contributed by atoms with Gasteiger partial charge >= 0.3 is 0 Å². The lowest BCUT2D eigenvalue weighted by molar-refractivity contribution is -0.135. The smallest absolute Gasteiger partial charge is 0.236 e. The normalized spacial score (nSPS) is 29.6. The van der Waals surface area contributed by atoms with Crippen molar-refractivity contribution < 1.29 is 4.79 Å². The minimum absolute atomic E-state index is 0.285. The number of nitrogens with zero attached hydrogens (tertiary/aromatic N) is 3. The maximum Gasteiger partial charge on any atom is 0.236 e. The second-order valence-corrected chi connectivity index (χ2v) is 6.27. The molecule has 2 atom stereocenters. The van der Waals surface area contributed by atoms with E-state index in [0.717, 1.165) is 32.7 Å². The van der Waals surface area contributed by atoms with Gasteiger partial charge in [0.2, 0.25) is 5.91 Å². The fourth-order valence-corrected chi connectivity index (χ4v) is 3.56. The van der Waals surface area contributed by atoms with Crippen LogP contribution >= 0.6 is 0 Å². The molecule has 2 heterocycles. The third kappa shape index (κ3) is 3.71. The van der Waals surface area contributed by atoms with E-state index < -0.39 is 0 Å². The lowest BCUT2D eigenvalue weighted by Crippen LogP contribution is -2.55. The first kappa shape index (κ1) is 15.7. The molecule has 2 N–H and O–H groups in total. The second kappa shape index (κ2) is 7.38. The van der Waals surface area contributed by atoms with Crippen LogP contribution in [0, 0.1) is 5.92 Å². The van der Waals surface area contributed by atoms with E-state index in [1.807, 2.05) is 4.90 Å². The Morgan fingerprint density at radius 1 is 1.20 bits per heavy atom. The first-order valence-corrected chi connectivity index (χ1v) is 8.06. The molecule has 116 valence electrons. The van der Waals surface area contributed by atoms with E-state index in [1.54, 1.807) is 0 Å². The Morgan fingerprint density at radius 2 is 1.90 bits per heavy atom. The Bertz CT molecular complexity index is 315. The van der Waals surface area contributed by atoms with Crippen LogP contribution in [0.15, 0.2) is 0 Å². The summed E-state index contributed by atoms with van der Waals surface area (Å²) in [4.78, 5) is 19.1. The molecule has 2 unspecified atom stereocenters. The van der Waals surface area contributed by atoms with Gasteiger partial charge in [-0.25, -0.2) is 0 Å². The molecule has 2 aliphatic rings. The molecule has 0 aromatic rings. The zero-order valence-electron chi connectivity index (χ0n) is 13.1. The van der Waals surface area contributed by atoms with E-state index in [4.69, 9.17) is 5.73 Å². The fourth-order valence-electron chi connectivity index (χ4n) is 3.56. The van der Waals surface area contributed by atoms with E-state index >= 15 is 0 Å². The van der Waals surface area contributed by atoms with Gasteiger partial charge in [0, 0.05) is 38.8 Å². The van der Waals surface area contributed by atoms with Crippen molar-refractivity contribution in [2.75, 3.05) is 52.9 Å². The van der Waals surface area contributed by atoms with Gasteiger partial charge in [-0.3, -0.25) is 9.69 Å². The van der Waals surface area contributed by atoms with E-state index in [1.165, 1.54) is 19.3 Å². The van der Waals surface area contributed by atoms with Crippen LogP contribution in [-0.4, -0.2) is 79.5 Å². The minimum atomic E-state index is 0.285. The Hall–Kier alpha value is -0.650. The molecule has 0 spiro atoms. The monoisotopic (exact) mass is 282 g/mol. The predicted molar refractivity (Wildman–Crippen MR) is 81.5 cm³/mol. The quantitative estimate of drug-likeness (QED) is 0.801. The number of carbonyl (C=O) groups is 1. The molecule has 0 aromatic heterocycles. The van der Waals surface area contributed by atoms with Gasteiger partial charge in [-0.2, -0.15) is 0 Å².